The number of carboxylic acid groups (broad SMARTS) is 1. The van der Waals surface area contributed by atoms with E-state index >= 15 is 0 Å². The molecule has 0 aromatic carbocycles. The monoisotopic (exact) mass is 479 g/mol. The van der Waals surface area contributed by atoms with Crippen LogP contribution >= 0.6 is 0 Å². The average Bonchev–Trinajstić information content (AvgIpc) is 3.09. The zero-order chi connectivity index (χ0) is 24.8. The fourth-order valence-electron chi connectivity index (χ4n) is 5.96. The van der Waals surface area contributed by atoms with Gasteiger partial charge in [-0.05, 0) is 25.7 Å². The second kappa shape index (κ2) is 11.8. The van der Waals surface area contributed by atoms with Crippen LogP contribution in [0.15, 0.2) is 23.9 Å². The van der Waals surface area contributed by atoms with Gasteiger partial charge < -0.3 is 30.5 Å². The molecule has 5 N–H and O–H groups in total. The Hall–Kier alpha value is -1.74. The summed E-state index contributed by atoms with van der Waals surface area (Å²) in [5, 5.41) is 44.6. The lowest BCUT2D eigenvalue weighted by Gasteiger charge is -2.55. The van der Waals surface area contributed by atoms with E-state index in [2.05, 4.69) is 17.5 Å². The fourth-order valence-corrected chi connectivity index (χ4v) is 5.96. The zero-order valence-corrected chi connectivity index (χ0v) is 20.2. The molecule has 0 aromatic rings. The quantitative estimate of drug-likeness (QED) is 0.190. The predicted octanol–water partition coefficient (Wildman–Crippen LogP) is 2.81. The van der Waals surface area contributed by atoms with Crippen molar-refractivity contribution in [2.24, 2.45) is 11.3 Å². The van der Waals surface area contributed by atoms with Gasteiger partial charge in [-0.2, -0.15) is 0 Å². The molecular weight excluding hydrogens is 438 g/mol. The summed E-state index contributed by atoms with van der Waals surface area (Å²) >= 11 is 0. The first-order chi connectivity index (χ1) is 16.2. The third-order valence-electron chi connectivity index (χ3n) is 7.69. The third kappa shape index (κ3) is 6.08. The molecule has 0 aromatic heterocycles. The van der Waals surface area contributed by atoms with Crippen LogP contribution in [0.5, 0.6) is 0 Å². The van der Waals surface area contributed by atoms with Gasteiger partial charge >= 0.3 is 5.97 Å². The standard InChI is InChI=1S/C26H41NO7/c1-2-3-7-10-18-21(15-20(29)19(28)11-8-5-4-6-9-12-24(31)32)34-25(33)14-13-22-26(18,17-25)23(30)16-27-22/h3,7,13,18-19,21,23,27-28,30,33H,2,4-6,8-12,14-17H2,1H3,(H,31,32)/b7-3-/t18-,19?,21+,23+,25-,26?/m1/s1. The van der Waals surface area contributed by atoms with Gasteiger partial charge in [-0.15, -0.1) is 0 Å². The number of aliphatic hydroxyl groups is 3. The van der Waals surface area contributed by atoms with E-state index in [1.807, 2.05) is 13.0 Å². The average molecular weight is 480 g/mol. The summed E-state index contributed by atoms with van der Waals surface area (Å²) < 4.78 is 6.11. The lowest BCUT2D eigenvalue weighted by molar-refractivity contribution is -0.304. The van der Waals surface area contributed by atoms with Crippen molar-refractivity contribution in [2.45, 2.75) is 108 Å². The Labute approximate surface area is 202 Å². The number of unbranched alkanes of at least 4 members (excludes halogenated alkanes) is 4. The number of allylic oxidation sites excluding steroid dienone is 2. The number of β-amino-alcohol motifs (C(OH)–C–C–N with tert-alkyl or cyclic N) is 1. The van der Waals surface area contributed by atoms with Gasteiger partial charge in [0.15, 0.2) is 11.6 Å². The Morgan fingerprint density at radius 2 is 1.97 bits per heavy atom. The van der Waals surface area contributed by atoms with Gasteiger partial charge in [-0.25, -0.2) is 0 Å². The fraction of sp³-hybridized carbons (Fsp3) is 0.769. The SMILES string of the molecule is CC/C=C\C[C@@H]1[C@H](CC(=O)C(O)CCCCCCCC(=O)O)O[C@]2(O)CC=C3NC[C@H](O)C31C2. The summed E-state index contributed by atoms with van der Waals surface area (Å²) in [6.45, 7) is 2.46. The second-order valence-corrected chi connectivity index (χ2v) is 10.1. The van der Waals surface area contributed by atoms with Gasteiger partial charge in [-0.3, -0.25) is 9.59 Å². The molecule has 2 saturated heterocycles. The first kappa shape index (κ1) is 26.9. The maximum absolute atomic E-state index is 12.9. The van der Waals surface area contributed by atoms with E-state index in [0.29, 0.717) is 45.1 Å². The Bertz CT molecular complexity index is 781. The van der Waals surface area contributed by atoms with Crippen LogP contribution < -0.4 is 5.32 Å². The minimum Gasteiger partial charge on any atom is -0.481 e. The molecule has 8 nitrogen and oxygen atoms in total. The Kier molecular flexibility index (Phi) is 9.32. The van der Waals surface area contributed by atoms with Crippen LogP contribution in [0.1, 0.15) is 84.0 Å². The molecule has 192 valence electrons. The summed E-state index contributed by atoms with van der Waals surface area (Å²) in [7, 11) is 0. The Morgan fingerprint density at radius 3 is 2.71 bits per heavy atom. The van der Waals surface area contributed by atoms with Crippen molar-refractivity contribution in [3.8, 4) is 0 Å². The molecule has 0 radical (unpaired) electrons. The summed E-state index contributed by atoms with van der Waals surface area (Å²) in [5.41, 5.74) is 0.249. The summed E-state index contributed by atoms with van der Waals surface area (Å²) in [6.07, 6.45) is 10.1. The largest absolute Gasteiger partial charge is 0.481 e. The van der Waals surface area contributed by atoms with Crippen LogP contribution in [0.2, 0.25) is 0 Å². The van der Waals surface area contributed by atoms with E-state index in [-0.39, 0.29) is 24.5 Å². The molecule has 2 aliphatic heterocycles. The number of nitrogens with one attached hydrogen (secondary N) is 1. The van der Waals surface area contributed by atoms with Crippen LogP contribution in [0.3, 0.4) is 0 Å². The topological polar surface area (TPSA) is 136 Å². The predicted molar refractivity (Wildman–Crippen MR) is 127 cm³/mol. The molecule has 1 spiro atoms. The van der Waals surface area contributed by atoms with Crippen molar-refractivity contribution in [2.75, 3.05) is 6.54 Å². The van der Waals surface area contributed by atoms with E-state index in [1.54, 1.807) is 0 Å². The summed E-state index contributed by atoms with van der Waals surface area (Å²) in [5.74, 6) is -2.71. The van der Waals surface area contributed by atoms with Crippen molar-refractivity contribution in [1.82, 2.24) is 5.32 Å². The van der Waals surface area contributed by atoms with Crippen molar-refractivity contribution in [1.29, 1.82) is 0 Å². The number of carbonyl (C=O) groups is 2. The molecule has 2 bridgehead atoms. The maximum atomic E-state index is 12.9. The van der Waals surface area contributed by atoms with E-state index in [4.69, 9.17) is 9.84 Å². The molecule has 0 amide bonds. The van der Waals surface area contributed by atoms with Crippen molar-refractivity contribution in [3.63, 3.8) is 0 Å². The third-order valence-corrected chi connectivity index (χ3v) is 7.69. The Morgan fingerprint density at radius 1 is 1.24 bits per heavy atom. The normalized spacial score (nSPS) is 33.3. The van der Waals surface area contributed by atoms with Crippen LogP contribution in [0.4, 0.5) is 0 Å². The number of aliphatic hydroxyl groups excluding tert-OH is 2. The zero-order valence-electron chi connectivity index (χ0n) is 20.2. The number of carbonyl (C=O) groups excluding carboxylic acids is 1. The highest BCUT2D eigenvalue weighted by atomic mass is 16.6. The smallest absolute Gasteiger partial charge is 0.303 e. The molecule has 3 rings (SSSR count). The second-order valence-electron chi connectivity index (χ2n) is 10.1. The molecule has 2 fully saturated rings. The number of ketones is 1. The molecule has 34 heavy (non-hydrogen) atoms. The van der Waals surface area contributed by atoms with Gasteiger partial charge in [0.1, 0.15) is 6.10 Å². The molecular formula is C26H41NO7. The lowest BCUT2D eigenvalue weighted by Crippen LogP contribution is -2.60. The number of aliphatic carboxylic acids is 1. The molecule has 3 aliphatic rings. The van der Waals surface area contributed by atoms with Crippen LogP contribution in [-0.2, 0) is 14.3 Å². The number of hydrogen-bond donors (Lipinski definition) is 5. The number of fused-ring (bicyclic) bond motifs is 1. The highest BCUT2D eigenvalue weighted by molar-refractivity contribution is 5.83. The molecule has 8 heteroatoms. The number of rotatable bonds is 14. The van der Waals surface area contributed by atoms with Gasteiger partial charge in [0, 0.05) is 49.3 Å². The number of ether oxygens (including phenoxy) is 1. The molecule has 6 atom stereocenters. The van der Waals surface area contributed by atoms with Crippen LogP contribution in [0.25, 0.3) is 0 Å². The van der Waals surface area contributed by atoms with Crippen LogP contribution in [0, 0.1) is 11.3 Å². The summed E-state index contributed by atoms with van der Waals surface area (Å²) in [4.78, 5) is 23.5. The number of hydrogen-bond acceptors (Lipinski definition) is 7. The molecule has 1 aliphatic carbocycles. The first-order valence-electron chi connectivity index (χ1n) is 12.8. The van der Waals surface area contributed by atoms with Gasteiger partial charge in [0.2, 0.25) is 0 Å². The van der Waals surface area contributed by atoms with E-state index < -0.39 is 35.5 Å². The maximum Gasteiger partial charge on any atom is 0.303 e. The Balaban J connectivity index is 1.61. The van der Waals surface area contributed by atoms with Crippen molar-refractivity contribution in [3.05, 3.63) is 23.9 Å². The minimum atomic E-state index is -1.42. The molecule has 0 saturated carbocycles. The van der Waals surface area contributed by atoms with Gasteiger partial charge in [0.25, 0.3) is 0 Å². The van der Waals surface area contributed by atoms with E-state index in [1.165, 1.54) is 0 Å². The van der Waals surface area contributed by atoms with E-state index in [0.717, 1.165) is 31.4 Å². The number of carboxylic acids is 1. The lowest BCUT2D eigenvalue weighted by atomic mass is 9.59. The van der Waals surface area contributed by atoms with Crippen molar-refractivity contribution >= 4 is 11.8 Å². The van der Waals surface area contributed by atoms with Crippen LogP contribution in [-0.4, -0.2) is 62.8 Å². The first-order valence-corrected chi connectivity index (χ1v) is 12.8. The van der Waals surface area contributed by atoms with E-state index in [9.17, 15) is 24.9 Å². The summed E-state index contributed by atoms with van der Waals surface area (Å²) in [6, 6.07) is 0. The molecule has 2 heterocycles. The highest BCUT2D eigenvalue weighted by Gasteiger charge is 2.63. The van der Waals surface area contributed by atoms with Gasteiger partial charge in [-0.1, -0.05) is 50.8 Å². The van der Waals surface area contributed by atoms with Gasteiger partial charge in [0.05, 0.1) is 12.2 Å². The highest BCUT2D eigenvalue weighted by Crippen LogP contribution is 2.58. The molecule has 2 unspecified atom stereocenters. The number of Topliss-reactive ketones (excluding diaryl/α,β-unsaturated/α-hetero) is 1. The van der Waals surface area contributed by atoms with Crippen molar-refractivity contribution < 1.29 is 34.8 Å². The minimum absolute atomic E-state index is 0.00549.